The first kappa shape index (κ1) is 9.58. The van der Waals surface area contributed by atoms with E-state index < -0.39 is 11.5 Å². The molecule has 1 aromatic heterocycles. The van der Waals surface area contributed by atoms with E-state index in [2.05, 4.69) is 20.9 Å². The lowest BCUT2D eigenvalue weighted by Crippen LogP contribution is -2.14. The molecule has 4 heteroatoms. The summed E-state index contributed by atoms with van der Waals surface area (Å²) in [6.07, 6.45) is 0. The minimum atomic E-state index is -1.74. The second-order valence-corrected chi connectivity index (χ2v) is 3.75. The number of halogens is 3. The molecule has 0 spiro atoms. The highest BCUT2D eigenvalue weighted by Gasteiger charge is 2.24. The number of nitrogens with zero attached hydrogens (tertiary/aromatic N) is 1. The van der Waals surface area contributed by atoms with Crippen molar-refractivity contribution in [2.45, 2.75) is 19.5 Å². The highest BCUT2D eigenvalue weighted by molar-refractivity contribution is 9.10. The zero-order chi connectivity index (χ0) is 9.35. The molecule has 0 saturated carbocycles. The van der Waals surface area contributed by atoms with Crippen LogP contribution in [0.2, 0.25) is 0 Å². The van der Waals surface area contributed by atoms with Gasteiger partial charge in [0, 0.05) is 0 Å². The molecule has 0 aliphatic rings. The van der Waals surface area contributed by atoms with Crippen LogP contribution in [0, 0.1) is 5.82 Å². The SMILES string of the molecule is CC(C)(F)c1nc(Br)ccc1F. The molecule has 0 atom stereocenters. The van der Waals surface area contributed by atoms with Gasteiger partial charge in [-0.1, -0.05) is 0 Å². The number of alkyl halides is 1. The number of pyridine rings is 1. The van der Waals surface area contributed by atoms with Crippen LogP contribution in [0.4, 0.5) is 8.78 Å². The van der Waals surface area contributed by atoms with Crippen LogP contribution >= 0.6 is 15.9 Å². The first-order valence-electron chi connectivity index (χ1n) is 3.42. The van der Waals surface area contributed by atoms with E-state index in [9.17, 15) is 8.78 Å². The molecule has 0 saturated heterocycles. The van der Waals surface area contributed by atoms with Crippen LogP contribution in [0.3, 0.4) is 0 Å². The van der Waals surface area contributed by atoms with Gasteiger partial charge in [-0.05, 0) is 41.9 Å². The molecule has 1 rings (SSSR count). The second kappa shape index (κ2) is 3.09. The van der Waals surface area contributed by atoms with Gasteiger partial charge in [-0.2, -0.15) is 0 Å². The lowest BCUT2D eigenvalue weighted by molar-refractivity contribution is 0.205. The van der Waals surface area contributed by atoms with Crippen LogP contribution < -0.4 is 0 Å². The van der Waals surface area contributed by atoms with Gasteiger partial charge in [0.05, 0.1) is 0 Å². The van der Waals surface area contributed by atoms with E-state index in [0.717, 1.165) is 0 Å². The molecule has 1 nitrogen and oxygen atoms in total. The van der Waals surface area contributed by atoms with Crippen molar-refractivity contribution in [2.75, 3.05) is 0 Å². The molecule has 0 aliphatic carbocycles. The summed E-state index contributed by atoms with van der Waals surface area (Å²) < 4.78 is 26.6. The highest BCUT2D eigenvalue weighted by Crippen LogP contribution is 2.26. The molecular formula is C8H8BrF2N. The fourth-order valence-corrected chi connectivity index (χ4v) is 1.14. The molecule has 1 aromatic rings. The molecule has 0 unspecified atom stereocenters. The van der Waals surface area contributed by atoms with Crippen molar-refractivity contribution in [2.24, 2.45) is 0 Å². The lowest BCUT2D eigenvalue weighted by Gasteiger charge is -2.13. The Hall–Kier alpha value is -0.510. The number of hydrogen-bond acceptors (Lipinski definition) is 1. The molecule has 1 heterocycles. The van der Waals surface area contributed by atoms with E-state index in [-0.39, 0.29) is 5.69 Å². The van der Waals surface area contributed by atoms with Crippen molar-refractivity contribution in [1.82, 2.24) is 4.98 Å². The van der Waals surface area contributed by atoms with Crippen molar-refractivity contribution in [3.8, 4) is 0 Å². The van der Waals surface area contributed by atoms with Gasteiger partial charge in [0.1, 0.15) is 21.8 Å². The third-order valence-corrected chi connectivity index (χ3v) is 1.82. The second-order valence-electron chi connectivity index (χ2n) is 2.94. The van der Waals surface area contributed by atoms with Gasteiger partial charge in [0.15, 0.2) is 0 Å². The van der Waals surface area contributed by atoms with Crippen molar-refractivity contribution in [3.05, 3.63) is 28.2 Å². The predicted octanol–water partition coefficient (Wildman–Crippen LogP) is 3.19. The van der Waals surface area contributed by atoms with Crippen LogP contribution in [0.25, 0.3) is 0 Å². The van der Waals surface area contributed by atoms with Crippen LogP contribution in [0.1, 0.15) is 19.5 Å². The van der Waals surface area contributed by atoms with E-state index in [1.807, 2.05) is 0 Å². The van der Waals surface area contributed by atoms with E-state index in [1.165, 1.54) is 26.0 Å². The van der Waals surface area contributed by atoms with Crippen LogP contribution in [-0.2, 0) is 5.67 Å². The zero-order valence-corrected chi connectivity index (χ0v) is 8.32. The van der Waals surface area contributed by atoms with E-state index in [4.69, 9.17) is 0 Å². The van der Waals surface area contributed by atoms with Crippen LogP contribution in [0.15, 0.2) is 16.7 Å². The Morgan fingerprint density at radius 2 is 2.00 bits per heavy atom. The molecule has 0 aromatic carbocycles. The summed E-state index contributed by atoms with van der Waals surface area (Å²) in [4.78, 5) is 3.71. The quantitative estimate of drug-likeness (QED) is 0.682. The fourth-order valence-electron chi connectivity index (χ4n) is 0.835. The Kier molecular flexibility index (Phi) is 2.46. The molecule has 0 amide bonds. The molecule has 0 radical (unpaired) electrons. The molecule has 0 aliphatic heterocycles. The monoisotopic (exact) mass is 235 g/mol. The average molecular weight is 236 g/mol. The average Bonchev–Trinajstić information content (AvgIpc) is 1.92. The first-order chi connectivity index (χ1) is 5.41. The van der Waals surface area contributed by atoms with Crippen LogP contribution in [0.5, 0.6) is 0 Å². The largest absolute Gasteiger partial charge is 0.239 e. The molecule has 66 valence electrons. The standard InChI is InChI=1S/C8H8BrF2N/c1-8(2,11)7-5(10)3-4-6(9)12-7/h3-4H,1-2H3. The Bertz CT molecular complexity index is 294. The zero-order valence-electron chi connectivity index (χ0n) is 6.74. The van der Waals surface area contributed by atoms with Gasteiger partial charge in [0.2, 0.25) is 0 Å². The van der Waals surface area contributed by atoms with Crippen molar-refractivity contribution in [3.63, 3.8) is 0 Å². The summed E-state index contributed by atoms with van der Waals surface area (Å²) in [5.74, 6) is -0.620. The minimum absolute atomic E-state index is 0.170. The van der Waals surface area contributed by atoms with Gasteiger partial charge in [-0.3, -0.25) is 0 Å². The molecule has 0 fully saturated rings. The fraction of sp³-hybridized carbons (Fsp3) is 0.375. The summed E-state index contributed by atoms with van der Waals surface area (Å²) in [5, 5.41) is 0. The van der Waals surface area contributed by atoms with Gasteiger partial charge in [-0.15, -0.1) is 0 Å². The van der Waals surface area contributed by atoms with Gasteiger partial charge < -0.3 is 0 Å². The third kappa shape index (κ3) is 2.00. The Morgan fingerprint density at radius 3 is 2.42 bits per heavy atom. The van der Waals surface area contributed by atoms with Crippen molar-refractivity contribution >= 4 is 15.9 Å². The molecular weight excluding hydrogens is 228 g/mol. The molecule has 0 bridgehead atoms. The maximum absolute atomic E-state index is 13.2. The van der Waals surface area contributed by atoms with Crippen molar-refractivity contribution in [1.29, 1.82) is 0 Å². The topological polar surface area (TPSA) is 12.9 Å². The van der Waals surface area contributed by atoms with E-state index in [0.29, 0.717) is 4.60 Å². The Morgan fingerprint density at radius 1 is 1.42 bits per heavy atom. The van der Waals surface area contributed by atoms with E-state index >= 15 is 0 Å². The summed E-state index contributed by atoms with van der Waals surface area (Å²) in [6, 6.07) is 2.62. The van der Waals surface area contributed by atoms with Gasteiger partial charge in [0.25, 0.3) is 0 Å². The minimum Gasteiger partial charge on any atom is -0.239 e. The normalized spacial score (nSPS) is 11.8. The summed E-state index contributed by atoms with van der Waals surface area (Å²) in [7, 11) is 0. The number of rotatable bonds is 1. The van der Waals surface area contributed by atoms with E-state index in [1.54, 1.807) is 0 Å². The summed E-state index contributed by atoms with van der Waals surface area (Å²) >= 11 is 3.04. The highest BCUT2D eigenvalue weighted by atomic mass is 79.9. The van der Waals surface area contributed by atoms with Gasteiger partial charge in [-0.25, -0.2) is 13.8 Å². The summed E-state index contributed by atoms with van der Waals surface area (Å²) in [6.45, 7) is 2.54. The lowest BCUT2D eigenvalue weighted by atomic mass is 10.1. The smallest absolute Gasteiger partial charge is 0.150 e. The molecule has 0 N–H and O–H groups in total. The Balaban J connectivity index is 3.23. The number of hydrogen-bond donors (Lipinski definition) is 0. The predicted molar refractivity (Wildman–Crippen MR) is 46.0 cm³/mol. The van der Waals surface area contributed by atoms with Gasteiger partial charge >= 0.3 is 0 Å². The first-order valence-corrected chi connectivity index (χ1v) is 4.22. The third-order valence-electron chi connectivity index (χ3n) is 1.38. The maximum atomic E-state index is 13.2. The Labute approximate surface area is 77.9 Å². The van der Waals surface area contributed by atoms with Crippen molar-refractivity contribution < 1.29 is 8.78 Å². The van der Waals surface area contributed by atoms with Crippen LogP contribution in [-0.4, -0.2) is 4.98 Å². The number of aromatic nitrogens is 1. The summed E-state index contributed by atoms with van der Waals surface area (Å²) in [5.41, 5.74) is -1.91. The molecule has 12 heavy (non-hydrogen) atoms. The maximum Gasteiger partial charge on any atom is 0.150 e.